The van der Waals surface area contributed by atoms with Crippen LogP contribution in [0.1, 0.15) is 29.6 Å². The zero-order valence-corrected chi connectivity index (χ0v) is 9.04. The summed E-state index contributed by atoms with van der Waals surface area (Å²) in [6.07, 6.45) is 0.492. The predicted octanol–water partition coefficient (Wildman–Crippen LogP) is 3.16. The van der Waals surface area contributed by atoms with Gasteiger partial charge in [-0.25, -0.2) is 4.98 Å². The SMILES string of the molecule is CCC(=O)c1ccc2oc(CCl)nc2c1. The van der Waals surface area contributed by atoms with Crippen molar-refractivity contribution in [2.45, 2.75) is 19.2 Å². The summed E-state index contributed by atoms with van der Waals surface area (Å²) < 4.78 is 5.33. The number of hydrogen-bond donors (Lipinski definition) is 0. The van der Waals surface area contributed by atoms with Gasteiger partial charge in [0.2, 0.25) is 5.89 Å². The van der Waals surface area contributed by atoms with Crippen LogP contribution < -0.4 is 0 Å². The Balaban J connectivity index is 2.50. The summed E-state index contributed by atoms with van der Waals surface area (Å²) in [6.45, 7) is 1.83. The van der Waals surface area contributed by atoms with Crippen LogP contribution in [0.25, 0.3) is 11.1 Å². The number of nitrogens with zero attached hydrogens (tertiary/aromatic N) is 1. The first kappa shape index (κ1) is 10.2. The van der Waals surface area contributed by atoms with E-state index < -0.39 is 0 Å². The highest BCUT2D eigenvalue weighted by Crippen LogP contribution is 2.18. The lowest BCUT2D eigenvalue weighted by atomic mass is 10.1. The molecular weight excluding hydrogens is 214 g/mol. The van der Waals surface area contributed by atoms with E-state index in [-0.39, 0.29) is 11.7 Å². The highest BCUT2D eigenvalue weighted by Gasteiger charge is 2.08. The highest BCUT2D eigenvalue weighted by atomic mass is 35.5. The molecule has 2 aromatic rings. The third kappa shape index (κ3) is 1.88. The van der Waals surface area contributed by atoms with Crippen LogP contribution in [-0.2, 0) is 5.88 Å². The molecule has 1 aromatic heterocycles. The first-order valence-electron chi connectivity index (χ1n) is 4.73. The van der Waals surface area contributed by atoms with Gasteiger partial charge in [-0.3, -0.25) is 4.79 Å². The largest absolute Gasteiger partial charge is 0.439 e. The standard InChI is InChI=1S/C11H10ClNO2/c1-2-9(14)7-3-4-10-8(5-7)13-11(6-12)15-10/h3-5H,2,6H2,1H3. The van der Waals surface area contributed by atoms with E-state index in [1.165, 1.54) is 0 Å². The fourth-order valence-electron chi connectivity index (χ4n) is 1.41. The van der Waals surface area contributed by atoms with E-state index in [4.69, 9.17) is 16.0 Å². The minimum atomic E-state index is 0.104. The van der Waals surface area contributed by atoms with Gasteiger partial charge in [0.15, 0.2) is 11.4 Å². The molecule has 0 unspecified atom stereocenters. The molecular formula is C11H10ClNO2. The molecule has 0 saturated heterocycles. The van der Waals surface area contributed by atoms with E-state index in [0.29, 0.717) is 29.0 Å². The van der Waals surface area contributed by atoms with E-state index in [9.17, 15) is 4.79 Å². The quantitative estimate of drug-likeness (QED) is 0.593. The second-order valence-corrected chi connectivity index (χ2v) is 3.47. The average Bonchev–Trinajstić information content (AvgIpc) is 2.69. The topological polar surface area (TPSA) is 43.1 Å². The van der Waals surface area contributed by atoms with Crippen molar-refractivity contribution in [2.24, 2.45) is 0 Å². The number of fused-ring (bicyclic) bond motifs is 1. The van der Waals surface area contributed by atoms with Gasteiger partial charge in [0.25, 0.3) is 0 Å². The van der Waals surface area contributed by atoms with Gasteiger partial charge < -0.3 is 4.42 Å². The van der Waals surface area contributed by atoms with Crippen molar-refractivity contribution in [1.29, 1.82) is 0 Å². The molecule has 15 heavy (non-hydrogen) atoms. The van der Waals surface area contributed by atoms with Crippen molar-refractivity contribution < 1.29 is 9.21 Å². The Morgan fingerprint density at radius 1 is 1.53 bits per heavy atom. The Morgan fingerprint density at radius 3 is 3.00 bits per heavy atom. The average molecular weight is 224 g/mol. The third-order valence-corrected chi connectivity index (χ3v) is 2.42. The van der Waals surface area contributed by atoms with Crippen LogP contribution in [0.5, 0.6) is 0 Å². The van der Waals surface area contributed by atoms with Crippen LogP contribution in [0, 0.1) is 0 Å². The van der Waals surface area contributed by atoms with Crippen molar-refractivity contribution >= 4 is 28.5 Å². The van der Waals surface area contributed by atoms with E-state index in [1.54, 1.807) is 18.2 Å². The number of Topliss-reactive ketones (excluding diaryl/α,β-unsaturated/α-hetero) is 1. The fraction of sp³-hybridized carbons (Fsp3) is 0.273. The van der Waals surface area contributed by atoms with Gasteiger partial charge in [-0.15, -0.1) is 11.6 Å². The van der Waals surface area contributed by atoms with E-state index in [2.05, 4.69) is 4.98 Å². The van der Waals surface area contributed by atoms with Gasteiger partial charge in [0.1, 0.15) is 5.52 Å². The van der Waals surface area contributed by atoms with Crippen molar-refractivity contribution in [3.05, 3.63) is 29.7 Å². The smallest absolute Gasteiger partial charge is 0.210 e. The number of oxazole rings is 1. The molecule has 0 radical (unpaired) electrons. The number of aromatic nitrogens is 1. The molecule has 0 atom stereocenters. The molecule has 4 heteroatoms. The maximum atomic E-state index is 11.4. The fourth-order valence-corrected chi connectivity index (χ4v) is 1.52. The monoisotopic (exact) mass is 223 g/mol. The summed E-state index contributed by atoms with van der Waals surface area (Å²) >= 11 is 5.60. The summed E-state index contributed by atoms with van der Waals surface area (Å²) in [5.74, 6) is 0.825. The molecule has 0 fully saturated rings. The first-order chi connectivity index (χ1) is 7.24. The zero-order chi connectivity index (χ0) is 10.8. The van der Waals surface area contributed by atoms with Crippen molar-refractivity contribution in [3.63, 3.8) is 0 Å². The molecule has 0 N–H and O–H groups in total. The molecule has 1 heterocycles. The first-order valence-corrected chi connectivity index (χ1v) is 5.26. The molecule has 78 valence electrons. The molecule has 0 saturated carbocycles. The number of carbonyl (C=O) groups is 1. The lowest BCUT2D eigenvalue weighted by molar-refractivity contribution is 0.0988. The van der Waals surface area contributed by atoms with Gasteiger partial charge in [-0.05, 0) is 18.2 Å². The molecule has 2 rings (SSSR count). The second kappa shape index (κ2) is 4.03. The van der Waals surface area contributed by atoms with E-state index >= 15 is 0 Å². The number of ketones is 1. The Bertz CT molecular complexity index is 504. The summed E-state index contributed by atoms with van der Waals surface area (Å²) in [5.41, 5.74) is 2.02. The molecule has 0 bridgehead atoms. The van der Waals surface area contributed by atoms with Crippen LogP contribution >= 0.6 is 11.6 Å². The molecule has 0 spiro atoms. The van der Waals surface area contributed by atoms with Crippen molar-refractivity contribution in [3.8, 4) is 0 Å². The maximum Gasteiger partial charge on any atom is 0.210 e. The van der Waals surface area contributed by atoms with Gasteiger partial charge in [0, 0.05) is 12.0 Å². The molecule has 0 aliphatic carbocycles. The van der Waals surface area contributed by atoms with E-state index in [1.807, 2.05) is 6.92 Å². The summed E-state index contributed by atoms with van der Waals surface area (Å²) in [4.78, 5) is 15.6. The summed E-state index contributed by atoms with van der Waals surface area (Å²) in [6, 6.07) is 5.24. The van der Waals surface area contributed by atoms with Gasteiger partial charge >= 0.3 is 0 Å². The minimum absolute atomic E-state index is 0.104. The molecule has 0 aliphatic rings. The molecule has 3 nitrogen and oxygen atoms in total. The number of benzene rings is 1. The van der Waals surface area contributed by atoms with Gasteiger partial charge in [-0.1, -0.05) is 6.92 Å². The lowest BCUT2D eigenvalue weighted by Gasteiger charge is -1.95. The van der Waals surface area contributed by atoms with Crippen molar-refractivity contribution in [1.82, 2.24) is 4.98 Å². The van der Waals surface area contributed by atoms with Crippen LogP contribution in [0.4, 0.5) is 0 Å². The summed E-state index contributed by atoms with van der Waals surface area (Å²) in [7, 11) is 0. The lowest BCUT2D eigenvalue weighted by Crippen LogP contribution is -1.95. The third-order valence-electron chi connectivity index (χ3n) is 2.19. The Labute approximate surface area is 92.1 Å². The van der Waals surface area contributed by atoms with Crippen LogP contribution in [0.3, 0.4) is 0 Å². The highest BCUT2D eigenvalue weighted by molar-refractivity contribution is 6.16. The Hall–Kier alpha value is -1.35. The maximum absolute atomic E-state index is 11.4. The van der Waals surface area contributed by atoms with Crippen molar-refractivity contribution in [2.75, 3.05) is 0 Å². The molecule has 0 aliphatic heterocycles. The predicted molar refractivity (Wildman–Crippen MR) is 58.2 cm³/mol. The van der Waals surface area contributed by atoms with Crippen LogP contribution in [0.2, 0.25) is 0 Å². The normalized spacial score (nSPS) is 10.8. The number of rotatable bonds is 3. The number of carbonyl (C=O) groups excluding carboxylic acids is 1. The molecule has 0 amide bonds. The Kier molecular flexibility index (Phi) is 2.73. The molecule has 1 aromatic carbocycles. The van der Waals surface area contributed by atoms with Gasteiger partial charge in [0.05, 0.1) is 5.88 Å². The summed E-state index contributed by atoms with van der Waals surface area (Å²) in [5, 5.41) is 0. The Morgan fingerprint density at radius 2 is 2.33 bits per heavy atom. The number of alkyl halides is 1. The van der Waals surface area contributed by atoms with Crippen LogP contribution in [-0.4, -0.2) is 10.8 Å². The van der Waals surface area contributed by atoms with Gasteiger partial charge in [-0.2, -0.15) is 0 Å². The van der Waals surface area contributed by atoms with Crippen LogP contribution in [0.15, 0.2) is 22.6 Å². The number of halogens is 1. The minimum Gasteiger partial charge on any atom is -0.439 e. The zero-order valence-electron chi connectivity index (χ0n) is 8.29. The second-order valence-electron chi connectivity index (χ2n) is 3.20. The van der Waals surface area contributed by atoms with E-state index in [0.717, 1.165) is 0 Å². The number of hydrogen-bond acceptors (Lipinski definition) is 3.